The Bertz CT molecular complexity index is 654. The van der Waals surface area contributed by atoms with Crippen LogP contribution in [0.5, 0.6) is 0 Å². The lowest BCUT2D eigenvalue weighted by molar-refractivity contribution is -0.384. The number of carbonyl (C=O) groups excluding carboxylic acids is 2. The summed E-state index contributed by atoms with van der Waals surface area (Å²) >= 11 is 6.45. The summed E-state index contributed by atoms with van der Waals surface area (Å²) in [6.07, 6.45) is 0. The number of carboxylic acids is 1. The second-order valence-electron chi connectivity index (χ2n) is 4.24. The van der Waals surface area contributed by atoms with Crippen LogP contribution in [0.1, 0.15) is 6.92 Å². The minimum Gasteiger partial charge on any atom is -0.480 e. The van der Waals surface area contributed by atoms with Gasteiger partial charge < -0.3 is 15.7 Å². The third-order valence-electron chi connectivity index (χ3n) is 2.46. The van der Waals surface area contributed by atoms with Gasteiger partial charge in [-0.25, -0.2) is 4.79 Å². The molecular formula is C12H12ClN3O6S. The Morgan fingerprint density at radius 3 is 2.57 bits per heavy atom. The Balaban J connectivity index is 2.64. The number of non-ortho nitro benzene ring substituents is 1. The highest BCUT2D eigenvalue weighted by Gasteiger charge is 2.20. The number of hydrogen-bond acceptors (Lipinski definition) is 6. The van der Waals surface area contributed by atoms with Crippen molar-refractivity contribution >= 4 is 51.9 Å². The minimum absolute atomic E-state index is 0.0233. The second kappa shape index (κ2) is 8.34. The molecule has 1 aromatic rings. The van der Waals surface area contributed by atoms with Crippen LogP contribution in [0.2, 0.25) is 5.02 Å². The summed E-state index contributed by atoms with van der Waals surface area (Å²) in [6.45, 7) is 1.16. The van der Waals surface area contributed by atoms with Crippen LogP contribution in [-0.4, -0.2) is 38.9 Å². The smallest absolute Gasteiger partial charge is 0.327 e. The summed E-state index contributed by atoms with van der Waals surface area (Å²) in [4.78, 5) is 43.5. The number of benzene rings is 1. The third kappa shape index (κ3) is 6.12. The first-order valence-electron chi connectivity index (χ1n) is 6.08. The van der Waals surface area contributed by atoms with Crippen molar-refractivity contribution in [1.29, 1.82) is 0 Å². The number of halogens is 1. The van der Waals surface area contributed by atoms with Gasteiger partial charge in [0.05, 0.1) is 15.6 Å². The van der Waals surface area contributed by atoms with E-state index in [1.165, 1.54) is 12.1 Å². The summed E-state index contributed by atoms with van der Waals surface area (Å²) in [5.74, 6) is -1.99. The summed E-state index contributed by atoms with van der Waals surface area (Å²) < 4.78 is 0. The molecule has 0 aliphatic rings. The number of hydrogen-bond donors (Lipinski definition) is 3. The van der Waals surface area contributed by atoms with Gasteiger partial charge in [0.25, 0.3) is 10.9 Å². The number of aliphatic carboxylic acids is 1. The molecule has 0 fully saturated rings. The monoisotopic (exact) mass is 361 g/mol. The van der Waals surface area contributed by atoms with Gasteiger partial charge in [-0.2, -0.15) is 0 Å². The molecule has 0 radical (unpaired) electrons. The molecule has 0 heterocycles. The zero-order chi connectivity index (χ0) is 17.6. The lowest BCUT2D eigenvalue weighted by atomic mass is 10.3. The van der Waals surface area contributed by atoms with E-state index in [4.69, 9.17) is 16.7 Å². The molecule has 11 heteroatoms. The Labute approximate surface area is 139 Å². The molecule has 23 heavy (non-hydrogen) atoms. The Morgan fingerprint density at radius 2 is 2.09 bits per heavy atom. The van der Waals surface area contributed by atoms with Crippen LogP contribution in [0, 0.1) is 10.1 Å². The number of carbonyl (C=O) groups is 3. The van der Waals surface area contributed by atoms with E-state index >= 15 is 0 Å². The number of rotatable bonds is 6. The molecule has 9 nitrogen and oxygen atoms in total. The van der Waals surface area contributed by atoms with Gasteiger partial charge in [-0.1, -0.05) is 23.4 Å². The number of nitrogens with zero attached hydrogens (tertiary/aromatic N) is 1. The maximum absolute atomic E-state index is 11.8. The molecule has 124 valence electrons. The molecule has 0 spiro atoms. The van der Waals surface area contributed by atoms with E-state index in [2.05, 4.69) is 10.6 Å². The Hall–Kier alpha value is -2.33. The molecule has 0 saturated carbocycles. The van der Waals surface area contributed by atoms with Crippen molar-refractivity contribution in [2.45, 2.75) is 13.0 Å². The fraction of sp³-hybridized carbons (Fsp3) is 0.250. The molecule has 0 saturated heterocycles. The maximum Gasteiger partial charge on any atom is 0.327 e. The van der Waals surface area contributed by atoms with E-state index in [0.717, 1.165) is 13.0 Å². The zero-order valence-electron chi connectivity index (χ0n) is 11.7. The minimum atomic E-state index is -1.27. The van der Waals surface area contributed by atoms with Gasteiger partial charge in [0.2, 0.25) is 5.91 Å². The van der Waals surface area contributed by atoms with Gasteiger partial charge in [0.15, 0.2) is 0 Å². The first kappa shape index (κ1) is 18.7. The van der Waals surface area contributed by atoms with Crippen LogP contribution in [-0.2, 0) is 9.59 Å². The maximum atomic E-state index is 11.8. The number of carboxylic acid groups (broad SMARTS) is 1. The quantitative estimate of drug-likeness (QED) is 0.520. The number of nitro groups is 1. The standard InChI is InChI=1S/C12H12ClN3O6S/c1-6(17)14-10(11(18)19)5-23-12(20)15-9-3-2-7(16(21)22)4-8(9)13/h2-4,10H,5H2,1H3,(H,14,17)(H,15,20)(H,18,19)/t10-/m0/s1. The van der Waals surface area contributed by atoms with Crippen molar-refractivity contribution in [3.8, 4) is 0 Å². The van der Waals surface area contributed by atoms with Gasteiger partial charge in [-0.15, -0.1) is 0 Å². The predicted octanol–water partition coefficient (Wildman–Crippen LogP) is 2.10. The van der Waals surface area contributed by atoms with E-state index in [1.54, 1.807) is 0 Å². The van der Waals surface area contributed by atoms with E-state index in [-0.39, 0.29) is 22.2 Å². The summed E-state index contributed by atoms with van der Waals surface area (Å²) in [6, 6.07) is 2.31. The number of nitrogens with one attached hydrogen (secondary N) is 2. The average molecular weight is 362 g/mol. The van der Waals surface area contributed by atoms with E-state index in [9.17, 15) is 24.5 Å². The molecule has 0 aliphatic carbocycles. The van der Waals surface area contributed by atoms with Crippen molar-refractivity contribution < 1.29 is 24.4 Å². The summed E-state index contributed by atoms with van der Waals surface area (Å²) in [5.41, 5.74) is -0.0709. The zero-order valence-corrected chi connectivity index (χ0v) is 13.3. The van der Waals surface area contributed by atoms with Crippen LogP contribution in [0.3, 0.4) is 0 Å². The van der Waals surface area contributed by atoms with Crippen molar-refractivity contribution in [1.82, 2.24) is 5.32 Å². The number of thioether (sulfide) groups is 1. The van der Waals surface area contributed by atoms with Crippen LogP contribution in [0.4, 0.5) is 16.2 Å². The second-order valence-corrected chi connectivity index (χ2v) is 5.64. The third-order valence-corrected chi connectivity index (χ3v) is 3.63. The summed E-state index contributed by atoms with van der Waals surface area (Å²) in [7, 11) is 0. The Morgan fingerprint density at radius 1 is 1.43 bits per heavy atom. The number of anilines is 1. The van der Waals surface area contributed by atoms with E-state index in [1.807, 2.05) is 0 Å². The lowest BCUT2D eigenvalue weighted by Gasteiger charge is -2.12. The highest BCUT2D eigenvalue weighted by atomic mass is 35.5. The fourth-order valence-electron chi connectivity index (χ4n) is 1.44. The molecular weight excluding hydrogens is 350 g/mol. The topological polar surface area (TPSA) is 139 Å². The SMILES string of the molecule is CC(=O)N[C@@H](CSC(=O)Nc1ccc([N+](=O)[O-])cc1Cl)C(=O)O. The van der Waals surface area contributed by atoms with Crippen LogP contribution in [0.15, 0.2) is 18.2 Å². The van der Waals surface area contributed by atoms with Crippen LogP contribution in [0.25, 0.3) is 0 Å². The lowest BCUT2D eigenvalue weighted by Crippen LogP contribution is -2.41. The average Bonchev–Trinajstić information content (AvgIpc) is 2.44. The first-order valence-corrected chi connectivity index (χ1v) is 7.44. The Kier molecular flexibility index (Phi) is 6.79. The van der Waals surface area contributed by atoms with Crippen molar-refractivity contribution in [2.24, 2.45) is 0 Å². The van der Waals surface area contributed by atoms with Crippen LogP contribution >= 0.6 is 23.4 Å². The largest absolute Gasteiger partial charge is 0.480 e. The normalized spacial score (nSPS) is 11.4. The predicted molar refractivity (Wildman–Crippen MR) is 84.8 cm³/mol. The molecule has 2 amide bonds. The van der Waals surface area contributed by atoms with Gasteiger partial charge in [0.1, 0.15) is 6.04 Å². The fourth-order valence-corrected chi connectivity index (χ4v) is 2.39. The highest BCUT2D eigenvalue weighted by Crippen LogP contribution is 2.27. The molecule has 0 aromatic heterocycles. The molecule has 1 rings (SSSR count). The van der Waals surface area contributed by atoms with Crippen molar-refractivity contribution in [3.05, 3.63) is 33.3 Å². The van der Waals surface area contributed by atoms with Gasteiger partial charge in [-0.3, -0.25) is 19.7 Å². The van der Waals surface area contributed by atoms with Gasteiger partial charge in [-0.05, 0) is 6.07 Å². The van der Waals surface area contributed by atoms with Gasteiger partial charge in [0, 0.05) is 24.8 Å². The highest BCUT2D eigenvalue weighted by molar-refractivity contribution is 8.13. The molecule has 0 unspecified atom stereocenters. The van der Waals surface area contributed by atoms with Gasteiger partial charge >= 0.3 is 5.97 Å². The number of amides is 2. The van der Waals surface area contributed by atoms with Crippen molar-refractivity contribution in [2.75, 3.05) is 11.1 Å². The number of nitro benzene ring substituents is 1. The first-order chi connectivity index (χ1) is 10.7. The molecule has 1 aromatic carbocycles. The molecule has 0 aliphatic heterocycles. The van der Waals surface area contributed by atoms with Crippen LogP contribution < -0.4 is 10.6 Å². The molecule has 0 bridgehead atoms. The van der Waals surface area contributed by atoms with E-state index < -0.39 is 28.1 Å². The van der Waals surface area contributed by atoms with E-state index in [0.29, 0.717) is 11.8 Å². The molecule has 3 N–H and O–H groups in total. The summed E-state index contributed by atoms with van der Waals surface area (Å²) in [5, 5.41) is 23.4. The molecule has 1 atom stereocenters. The van der Waals surface area contributed by atoms with Crippen molar-refractivity contribution in [3.63, 3.8) is 0 Å².